The first-order valence-corrected chi connectivity index (χ1v) is 6.90. The molecule has 4 nitrogen and oxygen atoms in total. The highest BCUT2D eigenvalue weighted by molar-refractivity contribution is 8.02. The highest BCUT2D eigenvalue weighted by atomic mass is 32.2. The number of benzene rings is 1. The summed E-state index contributed by atoms with van der Waals surface area (Å²) in [4.78, 5) is 11.9. The Morgan fingerprint density at radius 1 is 1.42 bits per heavy atom. The Labute approximate surface area is 121 Å². The van der Waals surface area contributed by atoms with E-state index in [1.54, 1.807) is 6.26 Å². The van der Waals surface area contributed by atoms with Crippen molar-refractivity contribution in [2.45, 2.75) is 0 Å². The maximum Gasteiger partial charge on any atom is 0.351 e. The molecule has 1 rings (SSSR count). The fourth-order valence-corrected chi connectivity index (χ4v) is 2.11. The van der Waals surface area contributed by atoms with Crippen molar-refractivity contribution in [1.29, 1.82) is 5.26 Å². The van der Waals surface area contributed by atoms with Gasteiger partial charge in [-0.25, -0.2) is 4.79 Å². The summed E-state index contributed by atoms with van der Waals surface area (Å²) in [6.45, 7) is 0. The topological polar surface area (TPSA) is 62.1 Å². The standard InChI is InChI=1S/C13H12N2O2S2/c1-17-13(16)10(8-14)12(19-2)15-11(18)9-6-4-3-5-7-9/h3-7H,1-2H3,(H,15,18)/b12-10-. The molecule has 1 aromatic carbocycles. The van der Waals surface area contributed by atoms with Crippen LogP contribution in [0.4, 0.5) is 0 Å². The van der Waals surface area contributed by atoms with Gasteiger partial charge in [0.2, 0.25) is 0 Å². The minimum absolute atomic E-state index is 0.0896. The van der Waals surface area contributed by atoms with Crippen LogP contribution in [0.1, 0.15) is 5.56 Å². The van der Waals surface area contributed by atoms with Crippen molar-refractivity contribution in [1.82, 2.24) is 5.32 Å². The minimum Gasteiger partial charge on any atom is -0.465 e. The van der Waals surface area contributed by atoms with E-state index >= 15 is 0 Å². The second-order valence-electron chi connectivity index (χ2n) is 3.33. The molecule has 0 saturated heterocycles. The Bertz CT molecular complexity index is 548. The van der Waals surface area contributed by atoms with E-state index < -0.39 is 5.97 Å². The van der Waals surface area contributed by atoms with Crippen molar-refractivity contribution in [3.8, 4) is 6.07 Å². The van der Waals surface area contributed by atoms with Gasteiger partial charge in [0.1, 0.15) is 11.1 Å². The van der Waals surface area contributed by atoms with Crippen LogP contribution in [0.2, 0.25) is 0 Å². The van der Waals surface area contributed by atoms with Gasteiger partial charge in [0.25, 0.3) is 0 Å². The Hall–Kier alpha value is -1.84. The third-order valence-corrected chi connectivity index (χ3v) is 3.25. The molecule has 0 bridgehead atoms. The molecule has 6 heteroatoms. The van der Waals surface area contributed by atoms with Crippen molar-refractivity contribution < 1.29 is 9.53 Å². The summed E-state index contributed by atoms with van der Waals surface area (Å²) in [5.41, 5.74) is 0.722. The molecular formula is C13H12N2O2S2. The van der Waals surface area contributed by atoms with Crippen LogP contribution in [-0.2, 0) is 9.53 Å². The van der Waals surface area contributed by atoms with Crippen LogP contribution in [-0.4, -0.2) is 24.3 Å². The lowest BCUT2D eigenvalue weighted by molar-refractivity contribution is -0.135. The largest absolute Gasteiger partial charge is 0.465 e. The van der Waals surface area contributed by atoms with E-state index in [0.29, 0.717) is 10.0 Å². The maximum atomic E-state index is 11.5. The van der Waals surface area contributed by atoms with Gasteiger partial charge in [-0.2, -0.15) is 5.26 Å². The SMILES string of the molecule is COC(=O)/C(C#N)=C(/NC(=S)c1ccccc1)SC. The molecule has 98 valence electrons. The average molecular weight is 292 g/mol. The number of nitrogens with zero attached hydrogens (tertiary/aromatic N) is 1. The number of methoxy groups -OCH3 is 1. The molecule has 0 aliphatic heterocycles. The first kappa shape index (κ1) is 15.2. The molecule has 0 fully saturated rings. The summed E-state index contributed by atoms with van der Waals surface area (Å²) in [6.07, 6.45) is 1.75. The summed E-state index contributed by atoms with van der Waals surface area (Å²) in [7, 11) is 1.23. The van der Waals surface area contributed by atoms with Crippen molar-refractivity contribution >= 4 is 34.9 Å². The number of thioether (sulfide) groups is 1. The zero-order valence-corrected chi connectivity index (χ0v) is 12.1. The fraction of sp³-hybridized carbons (Fsp3) is 0.154. The van der Waals surface area contributed by atoms with Crippen LogP contribution in [0.5, 0.6) is 0 Å². The van der Waals surface area contributed by atoms with Crippen molar-refractivity contribution in [3.63, 3.8) is 0 Å². The summed E-state index contributed by atoms with van der Waals surface area (Å²) in [6, 6.07) is 11.1. The van der Waals surface area contributed by atoms with Gasteiger partial charge < -0.3 is 10.1 Å². The molecular weight excluding hydrogens is 280 g/mol. The van der Waals surface area contributed by atoms with Crippen LogP contribution < -0.4 is 5.32 Å². The molecule has 0 atom stereocenters. The van der Waals surface area contributed by atoms with E-state index in [0.717, 1.165) is 5.56 Å². The van der Waals surface area contributed by atoms with E-state index in [2.05, 4.69) is 10.1 Å². The third kappa shape index (κ3) is 4.09. The highest BCUT2D eigenvalue weighted by Crippen LogP contribution is 2.16. The van der Waals surface area contributed by atoms with Crippen LogP contribution in [0, 0.1) is 11.3 Å². The van der Waals surface area contributed by atoms with Crippen molar-refractivity contribution in [3.05, 3.63) is 46.5 Å². The maximum absolute atomic E-state index is 11.5. The second-order valence-corrected chi connectivity index (χ2v) is 4.56. The molecule has 0 aliphatic rings. The molecule has 19 heavy (non-hydrogen) atoms. The second kappa shape index (κ2) is 7.56. The van der Waals surface area contributed by atoms with Crippen LogP contribution in [0.15, 0.2) is 40.9 Å². The monoisotopic (exact) mass is 292 g/mol. The van der Waals surface area contributed by atoms with Crippen LogP contribution >= 0.6 is 24.0 Å². The van der Waals surface area contributed by atoms with Gasteiger partial charge in [-0.3, -0.25) is 0 Å². The van der Waals surface area contributed by atoms with Crippen LogP contribution in [0.25, 0.3) is 0 Å². The molecule has 0 aromatic heterocycles. The number of carbonyl (C=O) groups excluding carboxylic acids is 1. The lowest BCUT2D eigenvalue weighted by Gasteiger charge is -2.11. The van der Waals surface area contributed by atoms with Crippen molar-refractivity contribution in [2.75, 3.05) is 13.4 Å². The Morgan fingerprint density at radius 3 is 2.53 bits per heavy atom. The normalized spacial score (nSPS) is 11.0. The number of carbonyl (C=O) groups is 1. The van der Waals surface area contributed by atoms with Gasteiger partial charge in [0, 0.05) is 5.56 Å². The highest BCUT2D eigenvalue weighted by Gasteiger charge is 2.16. The molecule has 0 spiro atoms. The van der Waals surface area contributed by atoms with E-state index in [1.807, 2.05) is 36.4 Å². The third-order valence-electron chi connectivity index (χ3n) is 2.20. The van der Waals surface area contributed by atoms with Gasteiger partial charge in [0.05, 0.1) is 12.1 Å². The van der Waals surface area contributed by atoms with Crippen LogP contribution in [0.3, 0.4) is 0 Å². The van der Waals surface area contributed by atoms with E-state index in [9.17, 15) is 4.79 Å². The van der Waals surface area contributed by atoms with Gasteiger partial charge in [0.15, 0.2) is 5.57 Å². The number of rotatable bonds is 4. The quantitative estimate of drug-likeness (QED) is 0.397. The Kier molecular flexibility index (Phi) is 6.06. The first-order valence-electron chi connectivity index (χ1n) is 5.27. The Balaban J connectivity index is 3.00. The van der Waals surface area contributed by atoms with E-state index in [4.69, 9.17) is 17.5 Å². The van der Waals surface area contributed by atoms with Crippen molar-refractivity contribution in [2.24, 2.45) is 0 Å². The summed E-state index contributed by atoms with van der Waals surface area (Å²) < 4.78 is 4.56. The number of nitrogens with one attached hydrogen (secondary N) is 1. The fourth-order valence-electron chi connectivity index (χ4n) is 1.27. The smallest absolute Gasteiger partial charge is 0.351 e. The Morgan fingerprint density at radius 2 is 2.05 bits per heavy atom. The average Bonchev–Trinajstić information content (AvgIpc) is 2.47. The molecule has 0 aliphatic carbocycles. The zero-order chi connectivity index (χ0) is 14.3. The number of nitriles is 1. The first-order chi connectivity index (χ1) is 9.13. The predicted octanol–water partition coefficient (Wildman–Crippen LogP) is 2.22. The van der Waals surface area contributed by atoms with Gasteiger partial charge in [-0.15, -0.1) is 11.8 Å². The van der Waals surface area contributed by atoms with E-state index in [1.165, 1.54) is 18.9 Å². The predicted molar refractivity (Wildman–Crippen MR) is 79.4 cm³/mol. The summed E-state index contributed by atoms with van der Waals surface area (Å²) in [5.74, 6) is -0.685. The number of ether oxygens (including phenoxy) is 1. The lowest BCUT2D eigenvalue weighted by atomic mass is 10.2. The zero-order valence-electron chi connectivity index (χ0n) is 10.5. The number of thiocarbonyl (C=S) groups is 1. The molecule has 0 radical (unpaired) electrons. The van der Waals surface area contributed by atoms with Gasteiger partial charge in [-0.05, 0) is 6.26 Å². The number of hydrogen-bond acceptors (Lipinski definition) is 5. The van der Waals surface area contributed by atoms with Gasteiger partial charge in [-0.1, -0.05) is 42.5 Å². The number of esters is 1. The minimum atomic E-state index is -0.685. The molecule has 1 aromatic rings. The molecule has 0 heterocycles. The molecule has 0 amide bonds. The summed E-state index contributed by atoms with van der Waals surface area (Å²) in [5, 5.41) is 12.3. The summed E-state index contributed by atoms with van der Waals surface area (Å²) >= 11 is 6.46. The lowest BCUT2D eigenvalue weighted by Crippen LogP contribution is -2.23. The number of hydrogen-bond donors (Lipinski definition) is 1. The van der Waals surface area contributed by atoms with Gasteiger partial charge >= 0.3 is 5.97 Å². The van der Waals surface area contributed by atoms with E-state index in [-0.39, 0.29) is 5.57 Å². The molecule has 0 unspecified atom stereocenters. The molecule has 1 N–H and O–H groups in total. The molecule has 0 saturated carbocycles.